The summed E-state index contributed by atoms with van der Waals surface area (Å²) in [7, 11) is 1.29. The number of carbonyl (C=O) groups is 4. The molecule has 1 N–H and O–H groups in total. The SMILES string of the molecule is COC(=O)c1nc(NC(=O)CCN2C(=O)CC3(CCCC3)C2=O)sc1Cc1ccccc1. The molecule has 9 heteroatoms. The van der Waals surface area contributed by atoms with Gasteiger partial charge in [-0.1, -0.05) is 43.2 Å². The minimum absolute atomic E-state index is 0.0191. The first-order valence-electron chi connectivity index (χ1n) is 10.7. The third-order valence-corrected chi connectivity index (χ3v) is 7.11. The highest BCUT2D eigenvalue weighted by Crippen LogP contribution is 2.46. The van der Waals surface area contributed by atoms with Crippen LogP contribution < -0.4 is 5.32 Å². The molecule has 3 amide bonds. The lowest BCUT2D eigenvalue weighted by molar-refractivity contribution is -0.141. The Hall–Kier alpha value is -3.07. The van der Waals surface area contributed by atoms with E-state index in [1.807, 2.05) is 30.3 Å². The first-order valence-corrected chi connectivity index (χ1v) is 11.5. The molecule has 2 aromatic rings. The molecule has 1 aromatic carbocycles. The molecule has 0 radical (unpaired) electrons. The van der Waals surface area contributed by atoms with Gasteiger partial charge in [0.2, 0.25) is 17.7 Å². The van der Waals surface area contributed by atoms with Gasteiger partial charge in [0.15, 0.2) is 10.8 Å². The van der Waals surface area contributed by atoms with Crippen LogP contribution in [-0.4, -0.2) is 47.2 Å². The monoisotopic (exact) mass is 455 g/mol. The maximum atomic E-state index is 12.8. The normalized spacial score (nSPS) is 17.2. The number of carbonyl (C=O) groups excluding carboxylic acids is 4. The Balaban J connectivity index is 1.40. The van der Waals surface area contributed by atoms with Crippen LogP contribution in [0.2, 0.25) is 0 Å². The zero-order valence-corrected chi connectivity index (χ0v) is 18.7. The molecule has 1 saturated carbocycles. The summed E-state index contributed by atoms with van der Waals surface area (Å²) in [6, 6.07) is 9.62. The Bertz CT molecular complexity index is 1040. The molecular formula is C23H25N3O5S. The molecule has 168 valence electrons. The minimum Gasteiger partial charge on any atom is -0.464 e. The molecule has 4 rings (SSSR count). The lowest BCUT2D eigenvalue weighted by Gasteiger charge is -2.20. The predicted octanol–water partition coefficient (Wildman–Crippen LogP) is 3.17. The summed E-state index contributed by atoms with van der Waals surface area (Å²) in [6.07, 6.45) is 4.15. The fourth-order valence-electron chi connectivity index (χ4n) is 4.49. The lowest BCUT2D eigenvalue weighted by Crippen LogP contribution is -2.36. The summed E-state index contributed by atoms with van der Waals surface area (Å²) in [5.41, 5.74) is 0.640. The number of nitrogens with one attached hydrogen (secondary N) is 1. The average molecular weight is 456 g/mol. The number of esters is 1. The summed E-state index contributed by atoms with van der Waals surface area (Å²) in [5.74, 6) is -1.27. The van der Waals surface area contributed by atoms with E-state index in [1.165, 1.54) is 23.3 Å². The summed E-state index contributed by atoms with van der Waals surface area (Å²) in [5, 5.41) is 2.98. The smallest absolute Gasteiger partial charge is 0.357 e. The highest BCUT2D eigenvalue weighted by Gasteiger charge is 2.52. The number of nitrogens with zero attached hydrogens (tertiary/aromatic N) is 2. The van der Waals surface area contributed by atoms with Crippen LogP contribution in [-0.2, 0) is 25.5 Å². The molecule has 2 aliphatic rings. The largest absolute Gasteiger partial charge is 0.464 e. The van der Waals surface area contributed by atoms with Crippen molar-refractivity contribution in [3.8, 4) is 0 Å². The van der Waals surface area contributed by atoms with Crippen molar-refractivity contribution in [3.63, 3.8) is 0 Å². The highest BCUT2D eigenvalue weighted by molar-refractivity contribution is 7.16. The molecule has 0 bridgehead atoms. The fraction of sp³-hybridized carbons (Fsp3) is 0.435. The second-order valence-electron chi connectivity index (χ2n) is 8.26. The van der Waals surface area contributed by atoms with E-state index in [1.54, 1.807) is 0 Å². The molecule has 0 unspecified atom stereocenters. The van der Waals surface area contributed by atoms with Gasteiger partial charge in [-0.15, -0.1) is 11.3 Å². The topological polar surface area (TPSA) is 106 Å². The van der Waals surface area contributed by atoms with Crippen molar-refractivity contribution < 1.29 is 23.9 Å². The lowest BCUT2D eigenvalue weighted by atomic mass is 9.84. The fourth-order valence-corrected chi connectivity index (χ4v) is 5.49. The Morgan fingerprint density at radius 1 is 1.19 bits per heavy atom. The van der Waals surface area contributed by atoms with Gasteiger partial charge >= 0.3 is 5.97 Å². The van der Waals surface area contributed by atoms with E-state index >= 15 is 0 Å². The maximum Gasteiger partial charge on any atom is 0.357 e. The standard InChI is InChI=1S/C23H25N3O5S/c1-31-20(29)19-16(13-15-7-3-2-4-8-15)32-22(25-19)24-17(27)9-12-26-18(28)14-23(21(26)30)10-5-6-11-23/h2-4,7-8H,5-6,9-14H2,1H3,(H,24,25,27). The van der Waals surface area contributed by atoms with Crippen molar-refractivity contribution in [2.24, 2.45) is 5.41 Å². The van der Waals surface area contributed by atoms with Gasteiger partial charge < -0.3 is 10.1 Å². The number of rotatable bonds is 7. The van der Waals surface area contributed by atoms with Crippen molar-refractivity contribution in [3.05, 3.63) is 46.5 Å². The Kier molecular flexibility index (Phi) is 6.36. The third-order valence-electron chi connectivity index (χ3n) is 6.14. The van der Waals surface area contributed by atoms with Crippen molar-refractivity contribution in [2.75, 3.05) is 19.0 Å². The van der Waals surface area contributed by atoms with E-state index in [0.717, 1.165) is 31.2 Å². The van der Waals surface area contributed by atoms with Crippen LogP contribution >= 0.6 is 11.3 Å². The molecule has 1 aromatic heterocycles. The molecule has 32 heavy (non-hydrogen) atoms. The average Bonchev–Trinajstić information content (AvgIpc) is 3.47. The Labute approximate surface area is 190 Å². The van der Waals surface area contributed by atoms with Crippen molar-refractivity contribution in [1.29, 1.82) is 0 Å². The number of anilines is 1. The Morgan fingerprint density at radius 2 is 1.91 bits per heavy atom. The number of ether oxygens (including phenoxy) is 1. The first kappa shape index (κ1) is 22.1. The number of amides is 3. The van der Waals surface area contributed by atoms with Gasteiger partial charge in [0.05, 0.1) is 12.5 Å². The zero-order chi connectivity index (χ0) is 22.7. The summed E-state index contributed by atoms with van der Waals surface area (Å²) < 4.78 is 4.83. The second kappa shape index (κ2) is 9.20. The van der Waals surface area contributed by atoms with Crippen molar-refractivity contribution in [2.45, 2.75) is 44.9 Å². The molecule has 1 aliphatic heterocycles. The summed E-state index contributed by atoms with van der Waals surface area (Å²) in [6.45, 7) is 0.0529. The van der Waals surface area contributed by atoms with E-state index < -0.39 is 11.4 Å². The third kappa shape index (κ3) is 4.43. The molecule has 2 fully saturated rings. The highest BCUT2D eigenvalue weighted by atomic mass is 32.1. The number of likely N-dealkylation sites (tertiary alicyclic amines) is 1. The van der Waals surface area contributed by atoms with Gasteiger partial charge in [-0.25, -0.2) is 9.78 Å². The van der Waals surface area contributed by atoms with E-state index in [0.29, 0.717) is 11.3 Å². The minimum atomic E-state index is -0.567. The van der Waals surface area contributed by atoms with Gasteiger partial charge in [0, 0.05) is 30.7 Å². The van der Waals surface area contributed by atoms with Gasteiger partial charge in [0.25, 0.3) is 0 Å². The van der Waals surface area contributed by atoms with Crippen molar-refractivity contribution in [1.82, 2.24) is 9.88 Å². The number of hydrogen-bond acceptors (Lipinski definition) is 7. The van der Waals surface area contributed by atoms with E-state index in [-0.39, 0.29) is 47.9 Å². The molecule has 2 heterocycles. The molecule has 1 aliphatic carbocycles. The van der Waals surface area contributed by atoms with E-state index in [4.69, 9.17) is 4.74 Å². The van der Waals surface area contributed by atoms with Crippen LogP contribution in [0.3, 0.4) is 0 Å². The quantitative estimate of drug-likeness (QED) is 0.508. The zero-order valence-electron chi connectivity index (χ0n) is 17.9. The Morgan fingerprint density at radius 3 is 2.59 bits per heavy atom. The van der Waals surface area contributed by atoms with Gasteiger partial charge in [0.1, 0.15) is 0 Å². The number of aromatic nitrogens is 1. The number of methoxy groups -OCH3 is 1. The van der Waals surface area contributed by atoms with Gasteiger partial charge in [-0.2, -0.15) is 0 Å². The molecule has 0 atom stereocenters. The summed E-state index contributed by atoms with van der Waals surface area (Å²) >= 11 is 1.21. The second-order valence-corrected chi connectivity index (χ2v) is 9.34. The van der Waals surface area contributed by atoms with Crippen LogP contribution in [0.15, 0.2) is 30.3 Å². The van der Waals surface area contributed by atoms with Crippen LogP contribution in [0.1, 0.15) is 59.5 Å². The first-order chi connectivity index (χ1) is 15.4. The number of hydrogen-bond donors (Lipinski definition) is 1. The van der Waals surface area contributed by atoms with Crippen LogP contribution in [0.25, 0.3) is 0 Å². The number of imide groups is 1. The molecule has 1 spiro atoms. The van der Waals surface area contributed by atoms with E-state index in [2.05, 4.69) is 10.3 Å². The van der Waals surface area contributed by atoms with Crippen LogP contribution in [0, 0.1) is 5.41 Å². The maximum absolute atomic E-state index is 12.8. The molecular weight excluding hydrogens is 430 g/mol. The molecule has 8 nitrogen and oxygen atoms in total. The van der Waals surface area contributed by atoms with E-state index in [9.17, 15) is 19.2 Å². The van der Waals surface area contributed by atoms with Gasteiger partial charge in [-0.05, 0) is 18.4 Å². The summed E-state index contributed by atoms with van der Waals surface area (Å²) in [4.78, 5) is 55.9. The van der Waals surface area contributed by atoms with Gasteiger partial charge in [-0.3, -0.25) is 19.3 Å². The van der Waals surface area contributed by atoms with Crippen LogP contribution in [0.4, 0.5) is 5.13 Å². The predicted molar refractivity (Wildman–Crippen MR) is 118 cm³/mol. The molecule has 1 saturated heterocycles. The number of thiazole rings is 1. The number of benzene rings is 1. The van der Waals surface area contributed by atoms with Crippen LogP contribution in [0.5, 0.6) is 0 Å². The van der Waals surface area contributed by atoms with Crippen molar-refractivity contribution >= 4 is 40.2 Å².